The number of aliphatic hydroxyl groups is 1. The van der Waals surface area contributed by atoms with Crippen LogP contribution in [-0.4, -0.2) is 48.5 Å². The van der Waals surface area contributed by atoms with Crippen LogP contribution in [-0.2, 0) is 24.1 Å². The molecule has 0 unspecified atom stereocenters. The molecule has 33 heavy (non-hydrogen) atoms. The Morgan fingerprint density at radius 2 is 1.97 bits per heavy atom. The highest BCUT2D eigenvalue weighted by Crippen LogP contribution is 2.23. The first-order valence-corrected chi connectivity index (χ1v) is 12.0. The molecule has 1 saturated heterocycles. The van der Waals surface area contributed by atoms with E-state index < -0.39 is 5.60 Å². The maximum Gasteiger partial charge on any atom is 0.251 e. The maximum atomic E-state index is 12.8. The van der Waals surface area contributed by atoms with Crippen LogP contribution in [0.1, 0.15) is 60.2 Å². The van der Waals surface area contributed by atoms with Gasteiger partial charge in [0.25, 0.3) is 5.91 Å². The van der Waals surface area contributed by atoms with Gasteiger partial charge in [0.15, 0.2) is 0 Å². The van der Waals surface area contributed by atoms with Crippen LogP contribution in [0.3, 0.4) is 0 Å². The lowest BCUT2D eigenvalue weighted by molar-refractivity contribution is 0.0679. The first-order chi connectivity index (χ1) is 15.9. The summed E-state index contributed by atoms with van der Waals surface area (Å²) in [6.07, 6.45) is 5.06. The lowest BCUT2D eigenvalue weighted by Crippen LogP contribution is -2.39. The Morgan fingerprint density at radius 1 is 1.15 bits per heavy atom. The molecule has 1 heterocycles. The molecule has 1 aliphatic carbocycles. The van der Waals surface area contributed by atoms with E-state index in [1.807, 2.05) is 24.3 Å². The predicted molar refractivity (Wildman–Crippen MR) is 129 cm³/mol. The van der Waals surface area contributed by atoms with Crippen molar-refractivity contribution in [3.05, 3.63) is 64.7 Å². The minimum Gasteiger partial charge on any atom is -0.491 e. The third-order valence-corrected chi connectivity index (χ3v) is 6.30. The number of fused-ring (bicyclic) bond motifs is 1. The topological polar surface area (TPSA) is 79.8 Å². The predicted octanol–water partition coefficient (Wildman–Crippen LogP) is 3.39. The summed E-state index contributed by atoms with van der Waals surface area (Å²) < 4.78 is 11.4. The molecule has 2 atom stereocenters. The minimum absolute atomic E-state index is 0.0402. The van der Waals surface area contributed by atoms with Gasteiger partial charge in [-0.25, -0.2) is 0 Å². The summed E-state index contributed by atoms with van der Waals surface area (Å²) in [5, 5.41) is 16.3. The number of rotatable bonds is 9. The molecule has 0 spiro atoms. The number of nitrogens with one attached hydrogen (secondary N) is 2. The molecule has 6 heteroatoms. The normalized spacial score (nSPS) is 20.3. The van der Waals surface area contributed by atoms with E-state index in [4.69, 9.17) is 9.47 Å². The fourth-order valence-electron chi connectivity index (χ4n) is 4.49. The Labute approximate surface area is 196 Å². The van der Waals surface area contributed by atoms with Crippen LogP contribution < -0.4 is 15.4 Å². The van der Waals surface area contributed by atoms with Crippen LogP contribution in [0, 0.1) is 0 Å². The van der Waals surface area contributed by atoms with Gasteiger partial charge in [0.2, 0.25) is 0 Å². The average Bonchev–Trinajstić information content (AvgIpc) is 3.31. The van der Waals surface area contributed by atoms with Crippen LogP contribution in [0.2, 0.25) is 0 Å². The number of hydrogen-bond acceptors (Lipinski definition) is 5. The Morgan fingerprint density at radius 3 is 2.70 bits per heavy atom. The van der Waals surface area contributed by atoms with Crippen LogP contribution in [0.25, 0.3) is 0 Å². The SMILES string of the molecule is CC(C)(O)CNCc1ccc2c(c1)CC[C@H](NC(=O)c1ccc(OC[C@@H]3CCCO3)cc1)C2. The van der Waals surface area contributed by atoms with Crippen LogP contribution in [0.5, 0.6) is 5.75 Å². The zero-order chi connectivity index (χ0) is 23.3. The van der Waals surface area contributed by atoms with E-state index in [9.17, 15) is 9.90 Å². The summed E-state index contributed by atoms with van der Waals surface area (Å²) in [6, 6.07) is 14.1. The van der Waals surface area contributed by atoms with Crippen molar-refractivity contribution in [3.63, 3.8) is 0 Å². The van der Waals surface area contributed by atoms with Gasteiger partial charge in [-0.05, 0) is 86.9 Å². The molecule has 0 bridgehead atoms. The van der Waals surface area contributed by atoms with Crippen molar-refractivity contribution in [2.24, 2.45) is 0 Å². The summed E-state index contributed by atoms with van der Waals surface area (Å²) in [5.74, 6) is 0.725. The van der Waals surface area contributed by atoms with E-state index in [0.717, 1.165) is 51.0 Å². The third kappa shape index (κ3) is 7.03. The summed E-state index contributed by atoms with van der Waals surface area (Å²) in [4.78, 5) is 12.8. The molecule has 0 radical (unpaired) electrons. The number of amides is 1. The number of hydrogen-bond donors (Lipinski definition) is 3. The van der Waals surface area contributed by atoms with Crippen molar-refractivity contribution in [3.8, 4) is 5.75 Å². The number of ether oxygens (including phenoxy) is 2. The van der Waals surface area contributed by atoms with Crippen molar-refractivity contribution >= 4 is 5.91 Å². The van der Waals surface area contributed by atoms with Crippen LogP contribution in [0.4, 0.5) is 0 Å². The summed E-state index contributed by atoms with van der Waals surface area (Å²) in [7, 11) is 0. The second kappa shape index (κ2) is 10.7. The van der Waals surface area contributed by atoms with Gasteiger partial charge in [-0.2, -0.15) is 0 Å². The highest BCUT2D eigenvalue weighted by Gasteiger charge is 2.21. The van der Waals surface area contributed by atoms with E-state index in [-0.39, 0.29) is 18.1 Å². The van der Waals surface area contributed by atoms with Gasteiger partial charge in [-0.1, -0.05) is 18.2 Å². The van der Waals surface area contributed by atoms with E-state index >= 15 is 0 Å². The molecule has 178 valence electrons. The van der Waals surface area contributed by atoms with Crippen molar-refractivity contribution in [1.29, 1.82) is 0 Å². The Kier molecular flexibility index (Phi) is 7.68. The molecule has 3 N–H and O–H groups in total. The van der Waals surface area contributed by atoms with Gasteiger partial charge in [0.05, 0.1) is 11.7 Å². The molecule has 4 rings (SSSR count). The highest BCUT2D eigenvalue weighted by molar-refractivity contribution is 5.94. The summed E-state index contributed by atoms with van der Waals surface area (Å²) in [6.45, 7) is 6.28. The van der Waals surface area contributed by atoms with Crippen molar-refractivity contribution < 1.29 is 19.4 Å². The molecule has 2 aromatic carbocycles. The van der Waals surface area contributed by atoms with Crippen molar-refractivity contribution in [2.45, 2.75) is 70.2 Å². The smallest absolute Gasteiger partial charge is 0.251 e. The molecular weight excluding hydrogens is 416 g/mol. The van der Waals surface area contributed by atoms with E-state index in [1.54, 1.807) is 13.8 Å². The molecule has 0 aromatic heterocycles. The van der Waals surface area contributed by atoms with Crippen LogP contribution >= 0.6 is 0 Å². The highest BCUT2D eigenvalue weighted by atomic mass is 16.5. The second-order valence-electron chi connectivity index (χ2n) is 9.90. The molecule has 0 saturated carbocycles. The van der Waals surface area contributed by atoms with Gasteiger partial charge in [-0.3, -0.25) is 4.79 Å². The quantitative estimate of drug-likeness (QED) is 0.544. The molecular formula is C27H36N2O4. The standard InChI is InChI=1S/C27H36N2O4/c1-27(2,31)18-28-16-19-5-6-22-15-23(10-7-21(22)14-19)29-26(30)20-8-11-24(12-9-20)33-17-25-4-3-13-32-25/h5-6,8-9,11-12,14,23,25,28,31H,3-4,7,10,13,15-18H2,1-2H3,(H,29,30)/t23-,25-/m0/s1. The van der Waals surface area contributed by atoms with Crippen LogP contribution in [0.15, 0.2) is 42.5 Å². The average molecular weight is 453 g/mol. The Hall–Kier alpha value is -2.41. The first-order valence-electron chi connectivity index (χ1n) is 12.0. The van der Waals surface area contributed by atoms with Gasteiger partial charge in [0.1, 0.15) is 12.4 Å². The number of carbonyl (C=O) groups excluding carboxylic acids is 1. The molecule has 2 aromatic rings. The minimum atomic E-state index is -0.711. The zero-order valence-electron chi connectivity index (χ0n) is 19.7. The van der Waals surface area contributed by atoms with Crippen molar-refractivity contribution in [1.82, 2.24) is 10.6 Å². The zero-order valence-corrected chi connectivity index (χ0v) is 19.7. The van der Waals surface area contributed by atoms with Gasteiger partial charge in [-0.15, -0.1) is 0 Å². The molecule has 2 aliphatic rings. The first kappa shape index (κ1) is 23.7. The summed E-state index contributed by atoms with van der Waals surface area (Å²) >= 11 is 0. The Bertz CT molecular complexity index is 930. The fourth-order valence-corrected chi connectivity index (χ4v) is 4.49. The third-order valence-electron chi connectivity index (χ3n) is 6.30. The molecule has 6 nitrogen and oxygen atoms in total. The van der Waals surface area contributed by atoms with Gasteiger partial charge < -0.3 is 25.2 Å². The lowest BCUT2D eigenvalue weighted by atomic mass is 9.87. The molecule has 1 amide bonds. The largest absolute Gasteiger partial charge is 0.491 e. The van der Waals surface area contributed by atoms with E-state index in [2.05, 4.69) is 28.8 Å². The monoisotopic (exact) mass is 452 g/mol. The Balaban J connectivity index is 1.26. The number of benzene rings is 2. The molecule has 1 aliphatic heterocycles. The van der Waals surface area contributed by atoms with E-state index in [0.29, 0.717) is 18.7 Å². The number of aryl methyl sites for hydroxylation is 1. The van der Waals surface area contributed by atoms with Crippen molar-refractivity contribution in [2.75, 3.05) is 19.8 Å². The fraction of sp³-hybridized carbons (Fsp3) is 0.519. The lowest BCUT2D eigenvalue weighted by Gasteiger charge is -2.26. The second-order valence-corrected chi connectivity index (χ2v) is 9.90. The van der Waals surface area contributed by atoms with Gasteiger partial charge in [0, 0.05) is 31.3 Å². The number of carbonyl (C=O) groups is 1. The maximum absolute atomic E-state index is 12.8. The van der Waals surface area contributed by atoms with Gasteiger partial charge >= 0.3 is 0 Å². The molecule has 1 fully saturated rings. The van der Waals surface area contributed by atoms with E-state index in [1.165, 1.54) is 16.7 Å². The summed E-state index contributed by atoms with van der Waals surface area (Å²) in [5.41, 5.74) is 3.82.